The van der Waals surface area contributed by atoms with Gasteiger partial charge in [0, 0.05) is 18.0 Å². The number of aryl methyl sites for hydroxylation is 1. The molecule has 4 heteroatoms. The summed E-state index contributed by atoms with van der Waals surface area (Å²) in [6.07, 6.45) is 4.00. The lowest BCUT2D eigenvalue weighted by Gasteiger charge is -2.00. The molecule has 0 radical (unpaired) electrons. The van der Waals surface area contributed by atoms with E-state index in [1.54, 1.807) is 7.11 Å². The smallest absolute Gasteiger partial charge is 0.160 e. The second-order valence-corrected chi connectivity index (χ2v) is 4.56. The van der Waals surface area contributed by atoms with Crippen molar-refractivity contribution in [2.45, 2.75) is 6.92 Å². The lowest BCUT2D eigenvalue weighted by molar-refractivity contribution is 0.415. The number of nitrogens with two attached hydrogens (primary N) is 1. The Morgan fingerprint density at radius 2 is 2.05 bits per heavy atom. The largest absolute Gasteiger partial charge is 0.497 e. The molecule has 0 unspecified atom stereocenters. The van der Waals surface area contributed by atoms with Gasteiger partial charge in [-0.25, -0.2) is 4.98 Å². The van der Waals surface area contributed by atoms with E-state index in [2.05, 4.69) is 4.98 Å². The fourth-order valence-electron chi connectivity index (χ4n) is 2.19. The Labute approximate surface area is 111 Å². The number of anilines is 1. The number of fused-ring (bicyclic) bond motifs is 1. The number of hydrogen-bond donors (Lipinski definition) is 1. The summed E-state index contributed by atoms with van der Waals surface area (Å²) in [5.41, 5.74) is 10.5. The third-order valence-corrected chi connectivity index (χ3v) is 3.08. The van der Waals surface area contributed by atoms with Crippen LogP contribution in [0.2, 0.25) is 0 Å². The van der Waals surface area contributed by atoms with Crippen molar-refractivity contribution < 1.29 is 4.74 Å². The maximum absolute atomic E-state index is 6.00. The van der Waals surface area contributed by atoms with Gasteiger partial charge in [0.15, 0.2) is 5.65 Å². The molecule has 0 aliphatic carbocycles. The quantitative estimate of drug-likeness (QED) is 0.764. The summed E-state index contributed by atoms with van der Waals surface area (Å²) in [6, 6.07) is 9.76. The van der Waals surface area contributed by atoms with E-state index in [1.807, 2.05) is 54.0 Å². The molecule has 0 saturated carbocycles. The molecule has 2 aromatic heterocycles. The van der Waals surface area contributed by atoms with Gasteiger partial charge in [0.05, 0.1) is 18.5 Å². The molecule has 0 saturated heterocycles. The van der Waals surface area contributed by atoms with Gasteiger partial charge >= 0.3 is 0 Å². The van der Waals surface area contributed by atoms with Crippen molar-refractivity contribution in [1.29, 1.82) is 0 Å². The second kappa shape index (κ2) is 4.31. The standard InChI is InChI=1S/C15H15N3O/c1-10-6-13(16)15-17-14(9-18(15)8-10)11-4-3-5-12(7-11)19-2/h3-9H,16H2,1-2H3. The van der Waals surface area contributed by atoms with Crippen molar-refractivity contribution in [3.63, 3.8) is 0 Å². The molecule has 0 atom stereocenters. The molecular formula is C15H15N3O. The first kappa shape index (κ1) is 11.6. The third kappa shape index (κ3) is 2.01. The van der Waals surface area contributed by atoms with E-state index in [0.29, 0.717) is 5.69 Å². The monoisotopic (exact) mass is 253 g/mol. The number of pyridine rings is 1. The number of hydrogen-bond acceptors (Lipinski definition) is 3. The van der Waals surface area contributed by atoms with E-state index in [4.69, 9.17) is 10.5 Å². The molecule has 0 fully saturated rings. The van der Waals surface area contributed by atoms with Crippen molar-refractivity contribution in [2.75, 3.05) is 12.8 Å². The van der Waals surface area contributed by atoms with Gasteiger partial charge in [0.25, 0.3) is 0 Å². The van der Waals surface area contributed by atoms with Gasteiger partial charge in [-0.15, -0.1) is 0 Å². The number of methoxy groups -OCH3 is 1. The molecule has 1 aromatic carbocycles. The fraction of sp³-hybridized carbons (Fsp3) is 0.133. The van der Waals surface area contributed by atoms with Crippen LogP contribution in [0.15, 0.2) is 42.7 Å². The molecule has 19 heavy (non-hydrogen) atoms. The number of nitrogens with zero attached hydrogens (tertiary/aromatic N) is 2. The summed E-state index contributed by atoms with van der Waals surface area (Å²) in [7, 11) is 1.66. The number of ether oxygens (including phenoxy) is 1. The van der Waals surface area contributed by atoms with Gasteiger partial charge in [0.2, 0.25) is 0 Å². The molecule has 0 bridgehead atoms. The summed E-state index contributed by atoms with van der Waals surface area (Å²) >= 11 is 0. The van der Waals surface area contributed by atoms with Crippen LogP contribution in [-0.2, 0) is 0 Å². The molecule has 3 rings (SSSR count). The Morgan fingerprint density at radius 3 is 2.84 bits per heavy atom. The number of rotatable bonds is 2. The van der Waals surface area contributed by atoms with E-state index >= 15 is 0 Å². The molecule has 0 aliphatic rings. The predicted molar refractivity (Wildman–Crippen MR) is 76.3 cm³/mol. The molecule has 2 N–H and O–H groups in total. The highest BCUT2D eigenvalue weighted by Crippen LogP contribution is 2.25. The van der Waals surface area contributed by atoms with Gasteiger partial charge in [-0.05, 0) is 30.7 Å². The van der Waals surface area contributed by atoms with Crippen molar-refractivity contribution in [3.05, 3.63) is 48.3 Å². The Balaban J connectivity index is 2.17. The Morgan fingerprint density at radius 1 is 1.21 bits per heavy atom. The summed E-state index contributed by atoms with van der Waals surface area (Å²) < 4.78 is 7.19. The topological polar surface area (TPSA) is 52.5 Å². The highest BCUT2D eigenvalue weighted by molar-refractivity contribution is 5.71. The van der Waals surface area contributed by atoms with Gasteiger partial charge in [0.1, 0.15) is 5.75 Å². The van der Waals surface area contributed by atoms with Gasteiger partial charge < -0.3 is 14.9 Å². The van der Waals surface area contributed by atoms with Gasteiger partial charge in [-0.2, -0.15) is 0 Å². The molecule has 4 nitrogen and oxygen atoms in total. The van der Waals surface area contributed by atoms with Crippen LogP contribution in [-0.4, -0.2) is 16.5 Å². The number of benzene rings is 1. The molecule has 0 aliphatic heterocycles. The lowest BCUT2D eigenvalue weighted by Crippen LogP contribution is -1.93. The van der Waals surface area contributed by atoms with Crippen molar-refractivity contribution in [3.8, 4) is 17.0 Å². The molecule has 0 spiro atoms. The van der Waals surface area contributed by atoms with Gasteiger partial charge in [-0.3, -0.25) is 0 Å². The average molecular weight is 253 g/mol. The normalized spacial score (nSPS) is 10.8. The summed E-state index contributed by atoms with van der Waals surface area (Å²) in [6.45, 7) is 2.01. The van der Waals surface area contributed by atoms with Crippen LogP contribution < -0.4 is 10.5 Å². The Kier molecular flexibility index (Phi) is 2.63. The minimum atomic E-state index is 0.689. The van der Waals surface area contributed by atoms with E-state index < -0.39 is 0 Å². The Bertz CT molecular complexity index is 746. The summed E-state index contributed by atoms with van der Waals surface area (Å²) in [5.74, 6) is 0.818. The average Bonchev–Trinajstić information content (AvgIpc) is 2.83. The minimum absolute atomic E-state index is 0.689. The van der Waals surface area contributed by atoms with Crippen molar-refractivity contribution in [1.82, 2.24) is 9.38 Å². The van der Waals surface area contributed by atoms with Crippen LogP contribution in [0, 0.1) is 6.92 Å². The number of aromatic nitrogens is 2. The SMILES string of the molecule is COc1cccc(-c2cn3cc(C)cc(N)c3n2)c1. The number of nitrogen functional groups attached to an aromatic ring is 1. The van der Waals surface area contributed by atoms with Crippen molar-refractivity contribution in [2.24, 2.45) is 0 Å². The van der Waals surface area contributed by atoms with Crippen LogP contribution in [0.1, 0.15) is 5.56 Å². The third-order valence-electron chi connectivity index (χ3n) is 3.08. The summed E-state index contributed by atoms with van der Waals surface area (Å²) in [5, 5.41) is 0. The number of imidazole rings is 1. The minimum Gasteiger partial charge on any atom is -0.497 e. The first-order valence-electron chi connectivity index (χ1n) is 6.06. The van der Waals surface area contributed by atoms with E-state index in [9.17, 15) is 0 Å². The molecule has 3 aromatic rings. The van der Waals surface area contributed by atoms with Crippen LogP contribution in [0.4, 0.5) is 5.69 Å². The second-order valence-electron chi connectivity index (χ2n) is 4.56. The van der Waals surface area contributed by atoms with Crippen LogP contribution in [0.5, 0.6) is 5.75 Å². The zero-order chi connectivity index (χ0) is 13.4. The van der Waals surface area contributed by atoms with Crippen LogP contribution in [0.25, 0.3) is 16.9 Å². The van der Waals surface area contributed by atoms with E-state index in [1.165, 1.54) is 0 Å². The molecular weight excluding hydrogens is 238 g/mol. The first-order valence-corrected chi connectivity index (χ1v) is 6.06. The molecule has 0 amide bonds. The maximum Gasteiger partial charge on any atom is 0.160 e. The summed E-state index contributed by atoms with van der Waals surface area (Å²) in [4.78, 5) is 4.58. The van der Waals surface area contributed by atoms with Crippen LogP contribution in [0.3, 0.4) is 0 Å². The predicted octanol–water partition coefficient (Wildman–Crippen LogP) is 2.90. The molecule has 2 heterocycles. The highest BCUT2D eigenvalue weighted by atomic mass is 16.5. The van der Waals surface area contributed by atoms with Crippen molar-refractivity contribution >= 4 is 11.3 Å². The zero-order valence-electron chi connectivity index (χ0n) is 10.9. The van der Waals surface area contributed by atoms with E-state index in [-0.39, 0.29) is 0 Å². The first-order chi connectivity index (χ1) is 9.17. The van der Waals surface area contributed by atoms with E-state index in [0.717, 1.165) is 28.2 Å². The maximum atomic E-state index is 6.00. The zero-order valence-corrected chi connectivity index (χ0v) is 10.9. The Hall–Kier alpha value is -2.49. The molecule has 96 valence electrons. The lowest BCUT2D eigenvalue weighted by atomic mass is 10.1. The van der Waals surface area contributed by atoms with Gasteiger partial charge in [-0.1, -0.05) is 12.1 Å². The van der Waals surface area contributed by atoms with Crippen LogP contribution >= 0.6 is 0 Å². The fourth-order valence-corrected chi connectivity index (χ4v) is 2.19. The highest BCUT2D eigenvalue weighted by Gasteiger charge is 2.08.